The van der Waals surface area contributed by atoms with Gasteiger partial charge in [0.05, 0.1) is 16.1 Å². The van der Waals surface area contributed by atoms with Crippen LogP contribution in [-0.4, -0.2) is 69.6 Å². The zero-order valence-corrected chi connectivity index (χ0v) is 16.2. The molecule has 1 atom stereocenters. The summed E-state index contributed by atoms with van der Waals surface area (Å²) in [4.78, 5) is 57.1. The maximum Gasteiger partial charge on any atom is 0.287 e. The van der Waals surface area contributed by atoms with E-state index in [0.29, 0.717) is 43.1 Å². The third-order valence-electron chi connectivity index (χ3n) is 5.43. The molecule has 1 saturated heterocycles. The van der Waals surface area contributed by atoms with Crippen molar-refractivity contribution < 1.29 is 19.3 Å². The molecule has 0 saturated carbocycles. The normalized spacial score (nSPS) is 17.2. The lowest BCUT2D eigenvalue weighted by atomic mass is 10.1. The molecule has 10 heteroatoms. The minimum Gasteiger partial charge on any atom is -0.353 e. The summed E-state index contributed by atoms with van der Waals surface area (Å²) >= 11 is 0. The van der Waals surface area contributed by atoms with Crippen molar-refractivity contribution >= 4 is 29.2 Å². The SMILES string of the molecule is CC(C(=O)N1CCN(c2ccc([N+](=O)[O-])cn2)CC1)N1C(=O)c2ccccc2C1=O. The first kappa shape index (κ1) is 19.5. The number of anilines is 1. The lowest BCUT2D eigenvalue weighted by Crippen LogP contribution is -2.55. The van der Waals surface area contributed by atoms with Crippen LogP contribution in [0.5, 0.6) is 0 Å². The second-order valence-electron chi connectivity index (χ2n) is 7.15. The Bertz CT molecular complexity index is 995. The largest absolute Gasteiger partial charge is 0.353 e. The number of rotatable bonds is 4. The van der Waals surface area contributed by atoms with Gasteiger partial charge >= 0.3 is 0 Å². The van der Waals surface area contributed by atoms with Gasteiger partial charge in [0, 0.05) is 32.2 Å². The second-order valence-corrected chi connectivity index (χ2v) is 7.15. The van der Waals surface area contributed by atoms with Crippen LogP contribution >= 0.6 is 0 Å². The van der Waals surface area contributed by atoms with Gasteiger partial charge in [0.1, 0.15) is 18.1 Å². The molecule has 1 aromatic carbocycles. The molecule has 2 aromatic rings. The number of amides is 3. The predicted molar refractivity (Wildman–Crippen MR) is 106 cm³/mol. The molecule has 1 unspecified atom stereocenters. The van der Waals surface area contributed by atoms with Crippen molar-refractivity contribution in [2.24, 2.45) is 0 Å². The van der Waals surface area contributed by atoms with E-state index in [1.807, 2.05) is 4.90 Å². The van der Waals surface area contributed by atoms with Gasteiger partial charge in [0.25, 0.3) is 17.5 Å². The Kier molecular flexibility index (Phi) is 4.90. The number of hydrogen-bond acceptors (Lipinski definition) is 7. The molecule has 4 rings (SSSR count). The van der Waals surface area contributed by atoms with Crippen LogP contribution in [0.2, 0.25) is 0 Å². The van der Waals surface area contributed by atoms with Gasteiger partial charge in [-0.1, -0.05) is 12.1 Å². The quantitative estimate of drug-likeness (QED) is 0.425. The average molecular weight is 409 g/mol. The Morgan fingerprint density at radius 1 is 1.03 bits per heavy atom. The number of carbonyl (C=O) groups is 3. The van der Waals surface area contributed by atoms with Crippen LogP contribution < -0.4 is 4.90 Å². The van der Waals surface area contributed by atoms with E-state index in [1.165, 1.54) is 12.3 Å². The van der Waals surface area contributed by atoms with Gasteiger partial charge in [0.15, 0.2) is 0 Å². The zero-order chi connectivity index (χ0) is 21.4. The molecule has 2 aliphatic heterocycles. The van der Waals surface area contributed by atoms with Gasteiger partial charge in [-0.25, -0.2) is 4.98 Å². The summed E-state index contributed by atoms with van der Waals surface area (Å²) < 4.78 is 0. The van der Waals surface area contributed by atoms with Crippen molar-refractivity contribution in [2.75, 3.05) is 31.1 Å². The molecular weight excluding hydrogens is 390 g/mol. The molecule has 10 nitrogen and oxygen atoms in total. The topological polar surface area (TPSA) is 117 Å². The van der Waals surface area contributed by atoms with Crippen LogP contribution in [0.3, 0.4) is 0 Å². The number of benzene rings is 1. The summed E-state index contributed by atoms with van der Waals surface area (Å²) in [5, 5.41) is 10.8. The highest BCUT2D eigenvalue weighted by molar-refractivity contribution is 6.22. The summed E-state index contributed by atoms with van der Waals surface area (Å²) in [7, 11) is 0. The second kappa shape index (κ2) is 7.54. The van der Waals surface area contributed by atoms with E-state index in [-0.39, 0.29) is 11.6 Å². The van der Waals surface area contributed by atoms with Crippen molar-refractivity contribution in [3.05, 3.63) is 63.8 Å². The molecule has 0 spiro atoms. The lowest BCUT2D eigenvalue weighted by Gasteiger charge is -2.37. The van der Waals surface area contributed by atoms with Gasteiger partial charge in [-0.2, -0.15) is 0 Å². The molecule has 0 bridgehead atoms. The fraction of sp³-hybridized carbons (Fsp3) is 0.300. The van der Waals surface area contributed by atoms with E-state index in [9.17, 15) is 24.5 Å². The summed E-state index contributed by atoms with van der Waals surface area (Å²) in [5.41, 5.74) is 0.551. The zero-order valence-electron chi connectivity index (χ0n) is 16.2. The molecule has 154 valence electrons. The van der Waals surface area contributed by atoms with Crippen LogP contribution in [-0.2, 0) is 4.79 Å². The van der Waals surface area contributed by atoms with Crippen LogP contribution in [0, 0.1) is 10.1 Å². The number of pyridine rings is 1. The number of aromatic nitrogens is 1. The van der Waals surface area contributed by atoms with Crippen molar-refractivity contribution in [3.63, 3.8) is 0 Å². The Morgan fingerprint density at radius 3 is 2.13 bits per heavy atom. The number of carbonyl (C=O) groups excluding carboxylic acids is 3. The minimum atomic E-state index is -0.901. The predicted octanol–water partition coefficient (Wildman–Crippen LogP) is 1.32. The Hall–Kier alpha value is -3.82. The molecule has 0 N–H and O–H groups in total. The number of piperazine rings is 1. The number of hydrogen-bond donors (Lipinski definition) is 0. The van der Waals surface area contributed by atoms with Crippen molar-refractivity contribution in [3.8, 4) is 0 Å². The molecule has 0 aliphatic carbocycles. The highest BCUT2D eigenvalue weighted by atomic mass is 16.6. The van der Waals surface area contributed by atoms with Gasteiger partial charge in [-0.3, -0.25) is 29.4 Å². The van der Waals surface area contributed by atoms with Gasteiger partial charge in [-0.05, 0) is 25.1 Å². The number of nitrogens with zero attached hydrogens (tertiary/aromatic N) is 5. The van der Waals surface area contributed by atoms with E-state index in [4.69, 9.17) is 0 Å². The molecule has 3 heterocycles. The fourth-order valence-electron chi connectivity index (χ4n) is 3.76. The van der Waals surface area contributed by atoms with Gasteiger partial charge in [0.2, 0.25) is 5.91 Å². The number of imide groups is 1. The first-order chi connectivity index (χ1) is 14.4. The minimum absolute atomic E-state index is 0.0812. The average Bonchev–Trinajstić information content (AvgIpc) is 3.03. The number of fused-ring (bicyclic) bond motifs is 1. The number of nitro groups is 1. The van der Waals surface area contributed by atoms with E-state index in [1.54, 1.807) is 42.2 Å². The monoisotopic (exact) mass is 409 g/mol. The van der Waals surface area contributed by atoms with Crippen molar-refractivity contribution in [2.45, 2.75) is 13.0 Å². The lowest BCUT2D eigenvalue weighted by molar-refractivity contribution is -0.385. The van der Waals surface area contributed by atoms with Crippen LogP contribution in [0.1, 0.15) is 27.6 Å². The molecular formula is C20H19N5O5. The standard InChI is InChI=1S/C20H19N5O5/c1-13(24-19(27)15-4-2-3-5-16(15)20(24)28)18(26)23-10-8-22(9-11-23)17-7-6-14(12-21-17)25(29)30/h2-7,12-13H,8-11H2,1H3. The molecule has 30 heavy (non-hydrogen) atoms. The van der Waals surface area contributed by atoms with E-state index >= 15 is 0 Å². The van der Waals surface area contributed by atoms with Crippen LogP contribution in [0.15, 0.2) is 42.6 Å². The first-order valence-corrected chi connectivity index (χ1v) is 9.49. The molecule has 3 amide bonds. The highest BCUT2D eigenvalue weighted by Gasteiger charge is 2.42. The Morgan fingerprint density at radius 2 is 1.63 bits per heavy atom. The summed E-state index contributed by atoms with van der Waals surface area (Å²) in [6.07, 6.45) is 1.21. The summed E-state index contributed by atoms with van der Waals surface area (Å²) in [5.74, 6) is -0.600. The van der Waals surface area contributed by atoms with Crippen LogP contribution in [0.4, 0.5) is 11.5 Å². The Balaban J connectivity index is 1.40. The molecule has 2 aliphatic rings. The first-order valence-electron chi connectivity index (χ1n) is 9.49. The fourth-order valence-corrected chi connectivity index (χ4v) is 3.76. The maximum atomic E-state index is 13.0. The van der Waals surface area contributed by atoms with Crippen molar-refractivity contribution in [1.82, 2.24) is 14.8 Å². The maximum absolute atomic E-state index is 13.0. The third kappa shape index (κ3) is 3.25. The van der Waals surface area contributed by atoms with E-state index in [0.717, 1.165) is 4.90 Å². The summed E-state index contributed by atoms with van der Waals surface area (Å²) in [6, 6.07) is 8.62. The molecule has 1 fully saturated rings. The van der Waals surface area contributed by atoms with Crippen LogP contribution in [0.25, 0.3) is 0 Å². The van der Waals surface area contributed by atoms with Gasteiger partial charge in [-0.15, -0.1) is 0 Å². The summed E-state index contributed by atoms with van der Waals surface area (Å²) in [6.45, 7) is 3.33. The molecule has 1 aromatic heterocycles. The third-order valence-corrected chi connectivity index (χ3v) is 5.43. The molecule has 0 radical (unpaired) electrons. The highest BCUT2D eigenvalue weighted by Crippen LogP contribution is 2.25. The Labute approximate surface area is 171 Å². The van der Waals surface area contributed by atoms with E-state index in [2.05, 4.69) is 4.98 Å². The van der Waals surface area contributed by atoms with Crippen molar-refractivity contribution in [1.29, 1.82) is 0 Å². The van der Waals surface area contributed by atoms with E-state index < -0.39 is 22.8 Å². The van der Waals surface area contributed by atoms with Gasteiger partial charge < -0.3 is 9.80 Å². The smallest absolute Gasteiger partial charge is 0.287 e.